The zero-order valence-electron chi connectivity index (χ0n) is 19.2. The van der Waals surface area contributed by atoms with Crippen LogP contribution in [0.3, 0.4) is 0 Å². The summed E-state index contributed by atoms with van der Waals surface area (Å²) in [6, 6.07) is 4.87. The number of likely N-dealkylation sites (tertiary alicyclic amines) is 1. The predicted molar refractivity (Wildman–Crippen MR) is 117 cm³/mol. The zero-order chi connectivity index (χ0) is 24.2. The topological polar surface area (TPSA) is 78.9 Å². The van der Waals surface area contributed by atoms with E-state index in [4.69, 9.17) is 9.84 Å². The van der Waals surface area contributed by atoms with Gasteiger partial charge >= 0.3 is 12.1 Å². The van der Waals surface area contributed by atoms with Crippen LogP contribution in [0.5, 0.6) is 5.75 Å². The summed E-state index contributed by atoms with van der Waals surface area (Å²) in [4.78, 5) is 26.0. The van der Waals surface area contributed by atoms with Crippen molar-refractivity contribution in [3.63, 3.8) is 0 Å². The highest BCUT2D eigenvalue weighted by Gasteiger charge is 2.39. The largest absolute Gasteiger partial charge is 0.489 e. The number of carboxylic acids is 1. The van der Waals surface area contributed by atoms with Crippen LogP contribution in [-0.2, 0) is 15.8 Å². The van der Waals surface area contributed by atoms with Crippen LogP contribution in [0.2, 0.25) is 0 Å². The molecule has 0 amide bonds. The molecule has 33 heavy (non-hydrogen) atoms. The molecule has 2 fully saturated rings. The molecule has 2 aliphatic rings. The van der Waals surface area contributed by atoms with Crippen molar-refractivity contribution in [3.8, 4) is 5.75 Å². The van der Waals surface area contributed by atoms with Crippen molar-refractivity contribution in [2.75, 3.05) is 26.2 Å². The van der Waals surface area contributed by atoms with E-state index in [1.54, 1.807) is 0 Å². The van der Waals surface area contributed by atoms with Crippen LogP contribution in [-0.4, -0.2) is 59.6 Å². The van der Waals surface area contributed by atoms with Gasteiger partial charge in [-0.1, -0.05) is 6.07 Å². The SMILES string of the molecule is CC(C)(C(=O)CNC[C@H]1CC[C@H](C(=O)O)CC1)N1CCC(Oc2cccc(C(F)(F)F)c2)C1. The summed E-state index contributed by atoms with van der Waals surface area (Å²) in [5.74, 6) is -0.363. The van der Waals surface area contributed by atoms with Crippen LogP contribution in [0.4, 0.5) is 13.2 Å². The molecule has 1 aliphatic heterocycles. The number of nitrogens with one attached hydrogen (secondary N) is 1. The Morgan fingerprint density at radius 1 is 1.15 bits per heavy atom. The molecule has 0 bridgehead atoms. The number of hydrogen-bond donors (Lipinski definition) is 2. The second-order valence-corrected chi connectivity index (χ2v) is 9.67. The number of hydrogen-bond acceptors (Lipinski definition) is 5. The maximum atomic E-state index is 12.9. The van der Waals surface area contributed by atoms with E-state index in [0.29, 0.717) is 44.8 Å². The lowest BCUT2D eigenvalue weighted by molar-refractivity contribution is -0.143. The normalized spacial score (nSPS) is 24.6. The highest BCUT2D eigenvalue weighted by atomic mass is 19.4. The van der Waals surface area contributed by atoms with Crippen molar-refractivity contribution in [2.45, 2.75) is 63.8 Å². The summed E-state index contributed by atoms with van der Waals surface area (Å²) in [5.41, 5.74) is -1.47. The molecule has 1 heterocycles. The van der Waals surface area contributed by atoms with E-state index >= 15 is 0 Å². The Bertz CT molecular complexity index is 835. The van der Waals surface area contributed by atoms with Crippen molar-refractivity contribution in [3.05, 3.63) is 29.8 Å². The van der Waals surface area contributed by atoms with Gasteiger partial charge in [0.2, 0.25) is 0 Å². The molecule has 1 aromatic rings. The number of Topliss-reactive ketones (excluding diaryl/α,β-unsaturated/α-hetero) is 1. The van der Waals surface area contributed by atoms with Crippen molar-refractivity contribution in [1.82, 2.24) is 10.2 Å². The standard InChI is InChI=1S/C24H33F3N2O4/c1-23(2,21(30)14-28-13-16-6-8-17(9-7-16)22(31)32)29-11-10-20(15-29)33-19-5-3-4-18(12-19)24(25,26)27/h3-5,12,16-17,20,28H,6-11,13-15H2,1-2H3,(H,31,32)/t16-,17-,20?. The number of rotatable bonds is 9. The van der Waals surface area contributed by atoms with Gasteiger partial charge in [-0.05, 0) is 76.6 Å². The van der Waals surface area contributed by atoms with Gasteiger partial charge in [-0.15, -0.1) is 0 Å². The van der Waals surface area contributed by atoms with Crippen LogP contribution < -0.4 is 10.1 Å². The van der Waals surface area contributed by atoms with Crippen molar-refractivity contribution in [2.24, 2.45) is 11.8 Å². The van der Waals surface area contributed by atoms with Gasteiger partial charge in [0, 0.05) is 13.1 Å². The summed E-state index contributed by atoms with van der Waals surface area (Å²) in [6.07, 6.45) is -1.00. The van der Waals surface area contributed by atoms with Crippen molar-refractivity contribution < 1.29 is 32.6 Å². The molecule has 0 spiro atoms. The average molecular weight is 471 g/mol. The molecule has 2 N–H and O–H groups in total. The van der Waals surface area contributed by atoms with E-state index in [2.05, 4.69) is 5.32 Å². The Hall–Kier alpha value is -2.13. The third kappa shape index (κ3) is 6.69. The third-order valence-corrected chi connectivity index (χ3v) is 7.00. The molecular weight excluding hydrogens is 437 g/mol. The number of halogens is 3. The van der Waals surface area contributed by atoms with Gasteiger partial charge in [0.25, 0.3) is 0 Å². The number of carbonyl (C=O) groups excluding carboxylic acids is 1. The molecular formula is C24H33F3N2O4. The fourth-order valence-electron chi connectivity index (χ4n) is 4.67. The third-order valence-electron chi connectivity index (χ3n) is 7.00. The number of ether oxygens (including phenoxy) is 1. The van der Waals surface area contributed by atoms with Crippen LogP contribution in [0.15, 0.2) is 24.3 Å². The smallest absolute Gasteiger partial charge is 0.416 e. The van der Waals surface area contributed by atoms with Gasteiger partial charge < -0.3 is 15.2 Å². The number of nitrogens with zero attached hydrogens (tertiary/aromatic N) is 1. The minimum absolute atomic E-state index is 0.0430. The number of alkyl halides is 3. The number of carbonyl (C=O) groups is 2. The number of benzene rings is 1. The summed E-state index contributed by atoms with van der Waals surface area (Å²) < 4.78 is 44.6. The molecule has 1 aliphatic carbocycles. The number of carboxylic acid groups (broad SMARTS) is 1. The predicted octanol–water partition coefficient (Wildman–Crippen LogP) is 3.99. The first-order valence-electron chi connectivity index (χ1n) is 11.5. The zero-order valence-corrected chi connectivity index (χ0v) is 19.2. The second-order valence-electron chi connectivity index (χ2n) is 9.67. The van der Waals surface area contributed by atoms with E-state index in [0.717, 1.165) is 25.0 Å². The summed E-state index contributed by atoms with van der Waals surface area (Å²) in [5, 5.41) is 12.3. The molecule has 1 unspecified atom stereocenters. The molecule has 184 valence electrons. The molecule has 1 saturated carbocycles. The quantitative estimate of drug-likeness (QED) is 0.568. The molecule has 6 nitrogen and oxygen atoms in total. The molecule has 0 radical (unpaired) electrons. The lowest BCUT2D eigenvalue weighted by Gasteiger charge is -2.34. The van der Waals surface area contributed by atoms with E-state index < -0.39 is 23.2 Å². The Morgan fingerprint density at radius 2 is 1.85 bits per heavy atom. The van der Waals surface area contributed by atoms with Crippen LogP contribution in [0, 0.1) is 11.8 Å². The first-order valence-corrected chi connectivity index (χ1v) is 11.5. The van der Waals surface area contributed by atoms with Crippen molar-refractivity contribution >= 4 is 11.8 Å². The van der Waals surface area contributed by atoms with Gasteiger partial charge in [0.15, 0.2) is 5.78 Å². The van der Waals surface area contributed by atoms with Gasteiger partial charge in [-0.25, -0.2) is 0 Å². The Balaban J connectivity index is 1.45. The lowest BCUT2D eigenvalue weighted by Crippen LogP contribution is -2.52. The minimum atomic E-state index is -4.42. The average Bonchev–Trinajstić information content (AvgIpc) is 3.23. The van der Waals surface area contributed by atoms with Crippen LogP contribution in [0.25, 0.3) is 0 Å². The van der Waals surface area contributed by atoms with E-state index in [9.17, 15) is 22.8 Å². The maximum absolute atomic E-state index is 12.9. The molecule has 1 atom stereocenters. The Morgan fingerprint density at radius 3 is 2.48 bits per heavy atom. The van der Waals surface area contributed by atoms with Crippen LogP contribution in [0.1, 0.15) is 51.5 Å². The highest BCUT2D eigenvalue weighted by molar-refractivity contribution is 5.89. The second kappa shape index (κ2) is 10.4. The van der Waals surface area contributed by atoms with E-state index in [1.807, 2.05) is 18.7 Å². The summed E-state index contributed by atoms with van der Waals surface area (Å²) in [7, 11) is 0. The van der Waals surface area contributed by atoms with E-state index in [1.165, 1.54) is 12.1 Å². The minimum Gasteiger partial charge on any atom is -0.489 e. The number of ketones is 1. The number of aliphatic carboxylic acids is 1. The molecule has 1 saturated heterocycles. The van der Waals surface area contributed by atoms with Gasteiger partial charge in [0.1, 0.15) is 11.9 Å². The fraction of sp³-hybridized carbons (Fsp3) is 0.667. The van der Waals surface area contributed by atoms with Gasteiger partial charge in [-0.3, -0.25) is 14.5 Å². The maximum Gasteiger partial charge on any atom is 0.416 e. The highest BCUT2D eigenvalue weighted by Crippen LogP contribution is 2.33. The van der Waals surface area contributed by atoms with Crippen LogP contribution >= 0.6 is 0 Å². The monoisotopic (exact) mass is 470 g/mol. The Labute approximate surface area is 192 Å². The van der Waals surface area contributed by atoms with E-state index in [-0.39, 0.29) is 30.1 Å². The Kier molecular flexibility index (Phi) is 8.05. The first-order chi connectivity index (χ1) is 15.5. The van der Waals surface area contributed by atoms with Gasteiger partial charge in [-0.2, -0.15) is 13.2 Å². The molecule has 3 rings (SSSR count). The van der Waals surface area contributed by atoms with Crippen molar-refractivity contribution in [1.29, 1.82) is 0 Å². The lowest BCUT2D eigenvalue weighted by atomic mass is 9.82. The molecule has 1 aromatic carbocycles. The fourth-order valence-corrected chi connectivity index (χ4v) is 4.67. The molecule has 9 heteroatoms. The summed E-state index contributed by atoms with van der Waals surface area (Å²) in [6.45, 7) is 5.73. The summed E-state index contributed by atoms with van der Waals surface area (Å²) >= 11 is 0. The van der Waals surface area contributed by atoms with Gasteiger partial charge in [0.05, 0.1) is 23.6 Å². The first kappa shape index (κ1) is 25.5. The molecule has 0 aromatic heterocycles.